The monoisotopic (exact) mass is 385 g/mol. The van der Waals surface area contributed by atoms with E-state index in [1.165, 1.54) is 0 Å². The lowest BCUT2D eigenvalue weighted by molar-refractivity contribution is 0.373. The van der Waals surface area contributed by atoms with Crippen molar-refractivity contribution < 1.29 is 4.74 Å². The van der Waals surface area contributed by atoms with Gasteiger partial charge in [-0.2, -0.15) is 5.10 Å². The molecule has 0 fully saturated rings. The minimum atomic E-state index is 0.330. The fourth-order valence-corrected chi connectivity index (χ4v) is 3.54. The van der Waals surface area contributed by atoms with Crippen LogP contribution in [0.4, 0.5) is 0 Å². The van der Waals surface area contributed by atoms with Crippen LogP contribution in [-0.2, 0) is 6.54 Å². The fraction of sp³-hybridized carbons (Fsp3) is 0.450. The number of ether oxygens (including phenoxy) is 1. The number of nitrogens with zero attached hydrogens (tertiary/aromatic N) is 5. The number of hydrogen-bond acceptors (Lipinski definition) is 6. The van der Waals surface area contributed by atoms with E-state index in [0.717, 1.165) is 53.2 Å². The third-order valence-corrected chi connectivity index (χ3v) is 5.45. The first kappa shape index (κ1) is 19.5. The van der Waals surface area contributed by atoms with Gasteiger partial charge in [-0.05, 0) is 32.6 Å². The molecule has 0 saturated carbocycles. The number of aromatic nitrogens is 4. The first-order chi connectivity index (χ1) is 13.0. The number of rotatable bonds is 8. The van der Waals surface area contributed by atoms with Gasteiger partial charge in [-0.3, -0.25) is 0 Å². The average molecular weight is 386 g/mol. The SMILES string of the molecule is CCC(C)c1nc(-c2csc(-c3ccccc3OC)n2)n(CCN(C)C)n1. The Balaban J connectivity index is 1.98. The first-order valence-corrected chi connectivity index (χ1v) is 10.1. The standard InChI is InChI=1S/C20H27N5OS/c1-6-14(2)18-22-19(25(23-18)12-11-24(3)4)16-13-27-20(21-16)15-9-7-8-10-17(15)26-5/h7-10,13-14H,6,11-12H2,1-5H3. The second-order valence-electron chi connectivity index (χ2n) is 6.87. The number of methoxy groups -OCH3 is 1. The van der Waals surface area contributed by atoms with Crippen molar-refractivity contribution in [3.63, 3.8) is 0 Å². The summed E-state index contributed by atoms with van der Waals surface area (Å²) >= 11 is 1.60. The molecule has 3 aromatic rings. The maximum Gasteiger partial charge on any atom is 0.178 e. The van der Waals surface area contributed by atoms with Crippen molar-refractivity contribution in [1.29, 1.82) is 0 Å². The molecule has 0 aliphatic rings. The maximum absolute atomic E-state index is 5.48. The van der Waals surface area contributed by atoms with Gasteiger partial charge in [-0.1, -0.05) is 26.0 Å². The Bertz CT molecular complexity index is 886. The molecule has 144 valence electrons. The molecule has 0 spiro atoms. The lowest BCUT2D eigenvalue weighted by atomic mass is 10.1. The quantitative estimate of drug-likeness (QED) is 0.583. The van der Waals surface area contributed by atoms with Crippen molar-refractivity contribution in [3.05, 3.63) is 35.5 Å². The molecule has 0 N–H and O–H groups in total. The van der Waals surface area contributed by atoms with E-state index in [9.17, 15) is 0 Å². The van der Waals surface area contributed by atoms with Crippen LogP contribution in [-0.4, -0.2) is 52.4 Å². The van der Waals surface area contributed by atoms with E-state index >= 15 is 0 Å². The Kier molecular flexibility index (Phi) is 6.23. The molecule has 2 heterocycles. The Morgan fingerprint density at radius 3 is 2.70 bits per heavy atom. The minimum Gasteiger partial charge on any atom is -0.496 e. The zero-order valence-electron chi connectivity index (χ0n) is 16.6. The van der Waals surface area contributed by atoms with Crippen molar-refractivity contribution in [1.82, 2.24) is 24.6 Å². The van der Waals surface area contributed by atoms with E-state index in [4.69, 9.17) is 19.8 Å². The van der Waals surface area contributed by atoms with Gasteiger partial charge in [0.2, 0.25) is 0 Å². The van der Waals surface area contributed by atoms with Gasteiger partial charge in [0.25, 0.3) is 0 Å². The van der Waals surface area contributed by atoms with E-state index in [-0.39, 0.29) is 0 Å². The summed E-state index contributed by atoms with van der Waals surface area (Å²) in [4.78, 5) is 11.8. The summed E-state index contributed by atoms with van der Waals surface area (Å²) in [5.41, 5.74) is 1.86. The van der Waals surface area contributed by atoms with Crippen LogP contribution >= 0.6 is 11.3 Å². The topological polar surface area (TPSA) is 56.1 Å². The molecule has 2 aromatic heterocycles. The van der Waals surface area contributed by atoms with E-state index in [0.29, 0.717) is 5.92 Å². The van der Waals surface area contributed by atoms with Gasteiger partial charge >= 0.3 is 0 Å². The van der Waals surface area contributed by atoms with E-state index in [2.05, 4.69) is 38.2 Å². The summed E-state index contributed by atoms with van der Waals surface area (Å²) in [5.74, 6) is 2.88. The molecule has 0 radical (unpaired) electrons. The molecule has 1 unspecified atom stereocenters. The number of benzene rings is 1. The normalized spacial score (nSPS) is 12.5. The molecular weight excluding hydrogens is 358 g/mol. The van der Waals surface area contributed by atoms with Crippen LogP contribution in [0.1, 0.15) is 32.0 Å². The highest BCUT2D eigenvalue weighted by Crippen LogP contribution is 2.34. The molecule has 6 nitrogen and oxygen atoms in total. The van der Waals surface area contributed by atoms with Gasteiger partial charge < -0.3 is 9.64 Å². The third kappa shape index (κ3) is 4.36. The van der Waals surface area contributed by atoms with Crippen molar-refractivity contribution in [2.24, 2.45) is 0 Å². The first-order valence-electron chi connectivity index (χ1n) is 9.22. The van der Waals surface area contributed by atoms with E-state index in [1.54, 1.807) is 18.4 Å². The lowest BCUT2D eigenvalue weighted by Gasteiger charge is -2.10. The highest BCUT2D eigenvalue weighted by molar-refractivity contribution is 7.13. The van der Waals surface area contributed by atoms with Gasteiger partial charge in [-0.25, -0.2) is 14.6 Å². The van der Waals surface area contributed by atoms with Gasteiger partial charge in [0, 0.05) is 17.8 Å². The summed E-state index contributed by atoms with van der Waals surface area (Å²) < 4.78 is 7.47. The molecule has 0 amide bonds. The van der Waals surface area contributed by atoms with Crippen LogP contribution in [0, 0.1) is 0 Å². The molecule has 7 heteroatoms. The van der Waals surface area contributed by atoms with Gasteiger partial charge in [-0.15, -0.1) is 11.3 Å². The zero-order chi connectivity index (χ0) is 19.4. The number of thiazole rings is 1. The lowest BCUT2D eigenvalue weighted by Crippen LogP contribution is -2.19. The average Bonchev–Trinajstić information content (AvgIpc) is 3.32. The Morgan fingerprint density at radius 2 is 2.00 bits per heavy atom. The van der Waals surface area contributed by atoms with Crippen LogP contribution in [0.15, 0.2) is 29.6 Å². The number of hydrogen-bond donors (Lipinski definition) is 0. The van der Waals surface area contributed by atoms with E-state index in [1.807, 2.05) is 28.9 Å². The fourth-order valence-electron chi connectivity index (χ4n) is 2.71. The summed E-state index contributed by atoms with van der Waals surface area (Å²) in [5, 5.41) is 7.74. The molecular formula is C20H27N5OS. The molecule has 0 saturated heterocycles. The van der Waals surface area contributed by atoms with Crippen LogP contribution < -0.4 is 4.74 Å². The molecule has 1 atom stereocenters. The summed E-state index contributed by atoms with van der Waals surface area (Å²) in [6, 6.07) is 7.95. The van der Waals surface area contributed by atoms with Crippen LogP contribution in [0.25, 0.3) is 22.1 Å². The highest BCUT2D eigenvalue weighted by atomic mass is 32.1. The summed E-state index contributed by atoms with van der Waals surface area (Å²) in [7, 11) is 5.81. The number of para-hydroxylation sites is 1. The van der Waals surface area contributed by atoms with Crippen molar-refractivity contribution >= 4 is 11.3 Å². The highest BCUT2D eigenvalue weighted by Gasteiger charge is 2.19. The van der Waals surface area contributed by atoms with Gasteiger partial charge in [0.05, 0.1) is 19.2 Å². The predicted octanol–water partition coefficient (Wildman–Crippen LogP) is 4.15. The van der Waals surface area contributed by atoms with Crippen LogP contribution in [0.2, 0.25) is 0 Å². The van der Waals surface area contributed by atoms with Gasteiger partial charge in [0.15, 0.2) is 11.6 Å². The molecule has 0 aliphatic carbocycles. The second kappa shape index (κ2) is 8.63. The van der Waals surface area contributed by atoms with Crippen molar-refractivity contribution in [2.75, 3.05) is 27.7 Å². The van der Waals surface area contributed by atoms with Crippen LogP contribution in [0.5, 0.6) is 5.75 Å². The van der Waals surface area contributed by atoms with E-state index < -0.39 is 0 Å². The second-order valence-corrected chi connectivity index (χ2v) is 7.73. The molecule has 27 heavy (non-hydrogen) atoms. The minimum absolute atomic E-state index is 0.330. The number of likely N-dealkylation sites (N-methyl/N-ethyl adjacent to an activating group) is 1. The molecule has 0 aliphatic heterocycles. The largest absolute Gasteiger partial charge is 0.496 e. The third-order valence-electron chi connectivity index (χ3n) is 4.57. The van der Waals surface area contributed by atoms with Gasteiger partial charge in [0.1, 0.15) is 16.5 Å². The molecule has 0 bridgehead atoms. The summed E-state index contributed by atoms with van der Waals surface area (Å²) in [6.45, 7) is 6.01. The smallest absolute Gasteiger partial charge is 0.178 e. The predicted molar refractivity (Wildman–Crippen MR) is 110 cm³/mol. The Hall–Kier alpha value is -2.25. The summed E-state index contributed by atoms with van der Waals surface area (Å²) in [6.07, 6.45) is 1.01. The maximum atomic E-state index is 5.48. The van der Waals surface area contributed by atoms with Crippen LogP contribution in [0.3, 0.4) is 0 Å². The van der Waals surface area contributed by atoms with Crippen molar-refractivity contribution in [2.45, 2.75) is 32.7 Å². The van der Waals surface area contributed by atoms with Crippen molar-refractivity contribution in [3.8, 4) is 27.8 Å². The molecule has 1 aromatic carbocycles. The zero-order valence-corrected chi connectivity index (χ0v) is 17.5. The Morgan fingerprint density at radius 1 is 1.22 bits per heavy atom. The Labute approximate surface area is 164 Å². The molecule has 3 rings (SSSR count).